The lowest BCUT2D eigenvalue weighted by atomic mass is 9.56. The van der Waals surface area contributed by atoms with Gasteiger partial charge in [-0.05, 0) is 55.5 Å². The molecular weight excluding hydrogens is 595 g/mol. The monoisotopic (exact) mass is 616 g/mol. The third kappa shape index (κ3) is 3.08. The Morgan fingerprint density at radius 1 is 0.974 bits per heavy atom. The highest BCUT2D eigenvalue weighted by Gasteiger charge is 2.76. The zero-order valence-corrected chi connectivity index (χ0v) is 23.5. The Kier molecular flexibility index (Phi) is 5.66. The van der Waals surface area contributed by atoms with Crippen LogP contribution < -0.4 is 4.90 Å². The first-order valence-corrected chi connectivity index (χ1v) is 13.8. The molecule has 7 nitrogen and oxygen atoms in total. The molecule has 2 heterocycles. The van der Waals surface area contributed by atoms with Gasteiger partial charge in [0.1, 0.15) is 5.75 Å². The predicted molar refractivity (Wildman–Crippen MR) is 145 cm³/mol. The van der Waals surface area contributed by atoms with Crippen LogP contribution in [0.3, 0.4) is 0 Å². The number of nitrogens with zero attached hydrogens (tertiary/aromatic N) is 2. The van der Waals surface area contributed by atoms with Crippen molar-refractivity contribution in [3.63, 3.8) is 0 Å². The summed E-state index contributed by atoms with van der Waals surface area (Å²) in [6.07, 6.45) is 2.03. The fourth-order valence-corrected chi connectivity index (χ4v) is 8.12. The highest BCUT2D eigenvalue weighted by Crippen LogP contribution is 2.66. The van der Waals surface area contributed by atoms with Crippen molar-refractivity contribution in [2.45, 2.75) is 35.4 Å². The van der Waals surface area contributed by atoms with Gasteiger partial charge in [-0.3, -0.25) is 29.0 Å². The van der Waals surface area contributed by atoms with Gasteiger partial charge in [0.25, 0.3) is 11.8 Å². The number of hydrogen-bond acceptors (Lipinski definition) is 5. The summed E-state index contributed by atoms with van der Waals surface area (Å²) < 4.78 is 0.811. The number of allylic oxidation sites excluding steroid dienone is 2. The number of hydrogen-bond donors (Lipinski definition) is 1. The van der Waals surface area contributed by atoms with Crippen LogP contribution in [0.25, 0.3) is 0 Å². The largest absolute Gasteiger partial charge is 0.507 e. The molecule has 38 heavy (non-hydrogen) atoms. The quantitative estimate of drug-likeness (QED) is 0.301. The van der Waals surface area contributed by atoms with Gasteiger partial charge in [-0.25, -0.2) is 0 Å². The molecule has 2 saturated heterocycles. The molecule has 10 heteroatoms. The van der Waals surface area contributed by atoms with Gasteiger partial charge in [0.05, 0.1) is 17.5 Å². The number of anilines is 1. The summed E-state index contributed by atoms with van der Waals surface area (Å²) in [7, 11) is 1.34. The highest BCUT2D eigenvalue weighted by molar-refractivity contribution is 9.10. The SMILES string of the molecule is Cc1cccc(C2C3=CCC4C(=O)N(c5ccc(Br)cc5)C(=O)C4C3CC3(Cl)C(=O)N(C)C(=O)C23Cl)c1O. The number of phenols is 1. The van der Waals surface area contributed by atoms with E-state index in [1.807, 2.05) is 6.08 Å². The van der Waals surface area contributed by atoms with E-state index < -0.39 is 45.2 Å². The predicted octanol–water partition coefficient (Wildman–Crippen LogP) is 4.66. The fraction of sp³-hybridized carbons (Fsp3) is 0.357. The number of fused-ring (bicyclic) bond motifs is 4. The van der Waals surface area contributed by atoms with Gasteiger partial charge in [-0.15, -0.1) is 23.2 Å². The maximum Gasteiger partial charge on any atom is 0.253 e. The van der Waals surface area contributed by atoms with E-state index in [4.69, 9.17) is 23.2 Å². The van der Waals surface area contributed by atoms with E-state index in [1.54, 1.807) is 49.4 Å². The summed E-state index contributed by atoms with van der Waals surface area (Å²) in [4.78, 5) is 52.9. The van der Waals surface area contributed by atoms with E-state index in [1.165, 1.54) is 11.9 Å². The van der Waals surface area contributed by atoms with Crippen molar-refractivity contribution < 1.29 is 24.3 Å². The molecule has 3 fully saturated rings. The molecule has 196 valence electrons. The number of carbonyl (C=O) groups excluding carboxylic acids is 4. The van der Waals surface area contributed by atoms with Gasteiger partial charge in [0, 0.05) is 23.0 Å². The van der Waals surface area contributed by atoms with Gasteiger partial charge in [0.15, 0.2) is 9.75 Å². The molecule has 0 spiro atoms. The molecule has 4 aliphatic rings. The van der Waals surface area contributed by atoms with Crippen LogP contribution in [0, 0.1) is 24.7 Å². The van der Waals surface area contributed by atoms with Crippen LogP contribution >= 0.6 is 39.1 Å². The van der Waals surface area contributed by atoms with E-state index in [0.29, 0.717) is 22.4 Å². The number of phenolic OH excluding ortho intramolecular Hbond substituents is 1. The van der Waals surface area contributed by atoms with Crippen LogP contribution in [0.5, 0.6) is 5.75 Å². The van der Waals surface area contributed by atoms with Crippen molar-refractivity contribution in [3.8, 4) is 5.75 Å². The summed E-state index contributed by atoms with van der Waals surface area (Å²) >= 11 is 17.6. The second-order valence-electron chi connectivity index (χ2n) is 10.5. The summed E-state index contributed by atoms with van der Waals surface area (Å²) in [5.74, 6) is -5.10. The topological polar surface area (TPSA) is 95.0 Å². The van der Waals surface area contributed by atoms with Crippen LogP contribution in [-0.4, -0.2) is 50.4 Å². The van der Waals surface area contributed by atoms with Crippen molar-refractivity contribution in [2.24, 2.45) is 17.8 Å². The summed E-state index contributed by atoms with van der Waals surface area (Å²) in [6, 6.07) is 12.0. The lowest BCUT2D eigenvalue weighted by Gasteiger charge is -2.50. The third-order valence-corrected chi connectivity index (χ3v) is 10.6. The number of aryl methyl sites for hydroxylation is 1. The van der Waals surface area contributed by atoms with Crippen LogP contribution in [0.4, 0.5) is 5.69 Å². The molecule has 0 bridgehead atoms. The van der Waals surface area contributed by atoms with Crippen molar-refractivity contribution in [3.05, 3.63) is 69.7 Å². The van der Waals surface area contributed by atoms with Gasteiger partial charge < -0.3 is 5.11 Å². The number of halogens is 3. The Morgan fingerprint density at radius 3 is 2.34 bits per heavy atom. The van der Waals surface area contributed by atoms with Crippen LogP contribution in [0.1, 0.15) is 29.9 Å². The van der Waals surface area contributed by atoms with Gasteiger partial charge in [0.2, 0.25) is 11.8 Å². The van der Waals surface area contributed by atoms with Crippen LogP contribution in [0.2, 0.25) is 0 Å². The second-order valence-corrected chi connectivity index (χ2v) is 12.7. The van der Waals surface area contributed by atoms with Crippen molar-refractivity contribution >= 4 is 68.4 Å². The fourth-order valence-electron chi connectivity index (χ4n) is 6.85. The first-order valence-electron chi connectivity index (χ1n) is 12.3. The van der Waals surface area contributed by atoms with Crippen molar-refractivity contribution in [2.75, 3.05) is 11.9 Å². The van der Waals surface area contributed by atoms with Gasteiger partial charge >= 0.3 is 0 Å². The minimum absolute atomic E-state index is 0.0552. The number of para-hydroxylation sites is 1. The summed E-state index contributed by atoms with van der Waals surface area (Å²) in [5, 5.41) is 11.1. The number of imide groups is 2. The van der Waals surface area contributed by atoms with Gasteiger partial charge in [-0.1, -0.05) is 45.8 Å². The Balaban J connectivity index is 1.53. The zero-order chi connectivity index (χ0) is 27.3. The lowest BCUT2D eigenvalue weighted by Crippen LogP contribution is -2.60. The number of likely N-dealkylation sites (tertiary alicyclic amines) is 1. The maximum absolute atomic E-state index is 13.9. The minimum Gasteiger partial charge on any atom is -0.507 e. The lowest BCUT2D eigenvalue weighted by molar-refractivity contribution is -0.138. The number of benzene rings is 2. The molecule has 6 unspecified atom stereocenters. The molecule has 2 aliphatic heterocycles. The van der Waals surface area contributed by atoms with Crippen LogP contribution in [-0.2, 0) is 19.2 Å². The Morgan fingerprint density at radius 2 is 1.66 bits per heavy atom. The molecule has 6 rings (SSSR count). The molecule has 1 saturated carbocycles. The zero-order valence-electron chi connectivity index (χ0n) is 20.5. The summed E-state index contributed by atoms with van der Waals surface area (Å²) in [5.41, 5.74) is 2.03. The van der Waals surface area contributed by atoms with Crippen LogP contribution in [0.15, 0.2) is 58.6 Å². The average molecular weight is 618 g/mol. The second kappa shape index (κ2) is 8.41. The normalized spacial score (nSPS) is 34.3. The minimum atomic E-state index is -1.92. The molecule has 0 radical (unpaired) electrons. The van der Waals surface area contributed by atoms with Gasteiger partial charge in [-0.2, -0.15) is 0 Å². The standard InChI is InChI=1S/C28H23BrCl2N2O5/c1-13-4-3-5-18(22(13)34)21-16-10-11-17-20(24(36)33(23(17)35)15-8-6-14(29)7-9-15)19(16)12-27(30)25(37)32(2)26(38)28(21,27)31/h3-10,17,19-21,34H,11-12H2,1-2H3. The Hall–Kier alpha value is -2.68. The molecule has 2 aromatic rings. The van der Waals surface area contributed by atoms with Crippen molar-refractivity contribution in [1.29, 1.82) is 0 Å². The van der Waals surface area contributed by atoms with E-state index in [-0.39, 0.29) is 30.4 Å². The molecule has 6 atom stereocenters. The first kappa shape index (κ1) is 25.6. The number of carbonyl (C=O) groups is 4. The Bertz CT molecular complexity index is 1480. The van der Waals surface area contributed by atoms with E-state index in [0.717, 1.165) is 9.37 Å². The highest BCUT2D eigenvalue weighted by atomic mass is 79.9. The molecular formula is C28H23BrCl2N2O5. The number of alkyl halides is 2. The molecule has 2 aromatic carbocycles. The number of rotatable bonds is 2. The molecule has 2 aliphatic carbocycles. The van der Waals surface area contributed by atoms with E-state index in [2.05, 4.69) is 15.9 Å². The van der Waals surface area contributed by atoms with E-state index >= 15 is 0 Å². The number of aromatic hydroxyl groups is 1. The van der Waals surface area contributed by atoms with Crippen molar-refractivity contribution in [1.82, 2.24) is 4.90 Å². The Labute approximate surface area is 237 Å². The number of amides is 4. The third-order valence-electron chi connectivity index (χ3n) is 8.68. The molecule has 0 aromatic heterocycles. The molecule has 1 N–H and O–H groups in total. The smallest absolute Gasteiger partial charge is 0.253 e. The molecule has 4 amide bonds. The average Bonchev–Trinajstić information content (AvgIpc) is 3.22. The van der Waals surface area contributed by atoms with E-state index in [9.17, 15) is 24.3 Å². The maximum atomic E-state index is 13.9. The summed E-state index contributed by atoms with van der Waals surface area (Å²) in [6.45, 7) is 1.72. The first-order chi connectivity index (χ1) is 17.9.